The standard InChI is InChI=1S/C17H28O/c1-6-7-10-15(18-5)11-12-16-14(2)9-8-13-17(16,3)4/h6,9,11-12,15-16H,1,7-8,10,13H2,2-5H3. The van der Waals surface area contributed by atoms with E-state index in [-0.39, 0.29) is 6.10 Å². The molecule has 0 saturated carbocycles. The Balaban J connectivity index is 2.70. The van der Waals surface area contributed by atoms with Crippen LogP contribution in [-0.2, 0) is 4.74 Å². The highest BCUT2D eigenvalue weighted by molar-refractivity contribution is 5.19. The highest BCUT2D eigenvalue weighted by Gasteiger charge is 2.30. The Morgan fingerprint density at radius 3 is 2.83 bits per heavy atom. The van der Waals surface area contributed by atoms with E-state index in [1.165, 1.54) is 18.4 Å². The fraction of sp³-hybridized carbons (Fsp3) is 0.647. The van der Waals surface area contributed by atoms with Gasteiger partial charge in [-0.15, -0.1) is 6.58 Å². The second-order valence-corrected chi connectivity index (χ2v) is 5.98. The molecule has 0 aliphatic heterocycles. The lowest BCUT2D eigenvalue weighted by Gasteiger charge is -2.37. The smallest absolute Gasteiger partial charge is 0.0755 e. The van der Waals surface area contributed by atoms with E-state index in [4.69, 9.17) is 4.74 Å². The van der Waals surface area contributed by atoms with E-state index in [1.54, 1.807) is 7.11 Å². The summed E-state index contributed by atoms with van der Waals surface area (Å²) in [5.74, 6) is 0.549. The first-order valence-corrected chi connectivity index (χ1v) is 7.00. The predicted octanol–water partition coefficient (Wildman–Crippen LogP) is 4.91. The SMILES string of the molecule is C=CCCC(C=CC1C(C)=CCCC1(C)C)OC. The molecule has 1 heteroatoms. The van der Waals surface area contributed by atoms with Crippen molar-refractivity contribution in [3.63, 3.8) is 0 Å². The normalized spacial score (nSPS) is 24.9. The van der Waals surface area contributed by atoms with Crippen LogP contribution in [0.5, 0.6) is 0 Å². The molecule has 0 saturated heterocycles. The summed E-state index contributed by atoms with van der Waals surface area (Å²) >= 11 is 0. The van der Waals surface area contributed by atoms with Gasteiger partial charge in [-0.2, -0.15) is 0 Å². The summed E-state index contributed by atoms with van der Waals surface area (Å²) < 4.78 is 5.49. The summed E-state index contributed by atoms with van der Waals surface area (Å²) in [5, 5.41) is 0. The van der Waals surface area contributed by atoms with Gasteiger partial charge in [0.1, 0.15) is 0 Å². The van der Waals surface area contributed by atoms with Crippen molar-refractivity contribution in [1.82, 2.24) is 0 Å². The van der Waals surface area contributed by atoms with Crippen molar-refractivity contribution >= 4 is 0 Å². The maximum atomic E-state index is 5.49. The zero-order valence-electron chi connectivity index (χ0n) is 12.4. The lowest BCUT2D eigenvalue weighted by atomic mass is 9.68. The summed E-state index contributed by atoms with van der Waals surface area (Å²) in [6.45, 7) is 10.7. The fourth-order valence-corrected chi connectivity index (χ4v) is 2.79. The van der Waals surface area contributed by atoms with E-state index in [0.717, 1.165) is 12.8 Å². The van der Waals surface area contributed by atoms with Crippen LogP contribution >= 0.6 is 0 Å². The Labute approximate surface area is 113 Å². The predicted molar refractivity (Wildman–Crippen MR) is 79.6 cm³/mol. The van der Waals surface area contributed by atoms with E-state index in [0.29, 0.717) is 11.3 Å². The van der Waals surface area contributed by atoms with Crippen LogP contribution in [0, 0.1) is 11.3 Å². The molecule has 1 rings (SSSR count). The number of rotatable bonds is 6. The quantitative estimate of drug-likeness (QED) is 0.607. The van der Waals surface area contributed by atoms with E-state index >= 15 is 0 Å². The minimum atomic E-state index is 0.216. The van der Waals surface area contributed by atoms with Crippen LogP contribution in [-0.4, -0.2) is 13.2 Å². The monoisotopic (exact) mass is 248 g/mol. The average Bonchev–Trinajstić information content (AvgIpc) is 2.31. The highest BCUT2D eigenvalue weighted by Crippen LogP contribution is 2.41. The van der Waals surface area contributed by atoms with Gasteiger partial charge in [0.05, 0.1) is 6.10 Å². The van der Waals surface area contributed by atoms with Crippen molar-refractivity contribution in [2.75, 3.05) is 7.11 Å². The molecular formula is C17H28O. The molecule has 2 atom stereocenters. The van der Waals surface area contributed by atoms with E-state index in [9.17, 15) is 0 Å². The van der Waals surface area contributed by atoms with Crippen LogP contribution in [0.2, 0.25) is 0 Å². The first kappa shape index (κ1) is 15.2. The molecule has 0 aromatic rings. The maximum absolute atomic E-state index is 5.49. The third-order valence-electron chi connectivity index (χ3n) is 4.06. The zero-order valence-corrected chi connectivity index (χ0v) is 12.4. The van der Waals surface area contributed by atoms with Crippen LogP contribution < -0.4 is 0 Å². The van der Waals surface area contributed by atoms with Crippen molar-refractivity contribution in [3.05, 3.63) is 36.5 Å². The molecule has 1 nitrogen and oxygen atoms in total. The van der Waals surface area contributed by atoms with Gasteiger partial charge in [-0.05, 0) is 38.0 Å². The Bertz CT molecular complexity index is 323. The zero-order chi connectivity index (χ0) is 13.6. The average molecular weight is 248 g/mol. The molecular weight excluding hydrogens is 220 g/mol. The number of methoxy groups -OCH3 is 1. The molecule has 0 heterocycles. The van der Waals surface area contributed by atoms with Gasteiger partial charge in [0, 0.05) is 13.0 Å². The molecule has 0 spiro atoms. The number of allylic oxidation sites excluding steroid dienone is 4. The number of hydrogen-bond acceptors (Lipinski definition) is 1. The van der Waals surface area contributed by atoms with Crippen LogP contribution in [0.4, 0.5) is 0 Å². The van der Waals surface area contributed by atoms with Crippen LogP contribution in [0.15, 0.2) is 36.5 Å². The first-order chi connectivity index (χ1) is 8.51. The van der Waals surface area contributed by atoms with E-state index < -0.39 is 0 Å². The molecule has 18 heavy (non-hydrogen) atoms. The third kappa shape index (κ3) is 4.13. The summed E-state index contributed by atoms with van der Waals surface area (Å²) in [7, 11) is 1.78. The van der Waals surface area contributed by atoms with Crippen molar-refractivity contribution in [1.29, 1.82) is 0 Å². The van der Waals surface area contributed by atoms with Crippen molar-refractivity contribution < 1.29 is 4.74 Å². The lowest BCUT2D eigenvalue weighted by molar-refractivity contribution is 0.133. The summed E-state index contributed by atoms with van der Waals surface area (Å²) in [4.78, 5) is 0. The first-order valence-electron chi connectivity index (χ1n) is 7.00. The van der Waals surface area contributed by atoms with Gasteiger partial charge in [0.25, 0.3) is 0 Å². The van der Waals surface area contributed by atoms with Crippen molar-refractivity contribution in [2.24, 2.45) is 11.3 Å². The van der Waals surface area contributed by atoms with Gasteiger partial charge in [-0.25, -0.2) is 0 Å². The molecule has 102 valence electrons. The van der Waals surface area contributed by atoms with Crippen LogP contribution in [0.1, 0.15) is 46.5 Å². The van der Waals surface area contributed by atoms with Gasteiger partial charge < -0.3 is 4.74 Å². The summed E-state index contributed by atoms with van der Waals surface area (Å²) in [6.07, 6.45) is 13.6. The number of ether oxygens (including phenoxy) is 1. The van der Waals surface area contributed by atoms with Gasteiger partial charge in [0.2, 0.25) is 0 Å². The van der Waals surface area contributed by atoms with Gasteiger partial charge in [-0.3, -0.25) is 0 Å². The Kier molecular flexibility index (Phi) is 5.87. The minimum absolute atomic E-state index is 0.216. The highest BCUT2D eigenvalue weighted by atomic mass is 16.5. The Morgan fingerprint density at radius 1 is 1.56 bits per heavy atom. The van der Waals surface area contributed by atoms with Gasteiger partial charge >= 0.3 is 0 Å². The molecule has 0 fully saturated rings. The third-order valence-corrected chi connectivity index (χ3v) is 4.06. The molecule has 0 aromatic carbocycles. The summed E-state index contributed by atoms with van der Waals surface area (Å²) in [5.41, 5.74) is 1.87. The molecule has 1 aliphatic carbocycles. The van der Waals surface area contributed by atoms with Crippen LogP contribution in [0.25, 0.3) is 0 Å². The second kappa shape index (κ2) is 6.94. The molecule has 0 radical (unpaired) electrons. The molecule has 0 amide bonds. The Hall–Kier alpha value is -0.820. The minimum Gasteiger partial charge on any atom is -0.377 e. The summed E-state index contributed by atoms with van der Waals surface area (Å²) in [6, 6.07) is 0. The topological polar surface area (TPSA) is 9.23 Å². The molecule has 0 bridgehead atoms. The van der Waals surface area contributed by atoms with Crippen molar-refractivity contribution in [2.45, 2.75) is 52.6 Å². The molecule has 1 aliphatic rings. The molecule has 0 N–H and O–H groups in total. The van der Waals surface area contributed by atoms with Gasteiger partial charge in [-0.1, -0.05) is 43.7 Å². The Morgan fingerprint density at radius 2 is 2.28 bits per heavy atom. The van der Waals surface area contributed by atoms with E-state index in [1.807, 2.05) is 6.08 Å². The number of hydrogen-bond donors (Lipinski definition) is 0. The van der Waals surface area contributed by atoms with Crippen LogP contribution in [0.3, 0.4) is 0 Å². The lowest BCUT2D eigenvalue weighted by Crippen LogP contribution is -2.26. The maximum Gasteiger partial charge on any atom is 0.0755 e. The fourth-order valence-electron chi connectivity index (χ4n) is 2.79. The van der Waals surface area contributed by atoms with Gasteiger partial charge in [0.15, 0.2) is 0 Å². The van der Waals surface area contributed by atoms with E-state index in [2.05, 4.69) is 45.6 Å². The van der Waals surface area contributed by atoms with Crippen molar-refractivity contribution in [3.8, 4) is 0 Å². The molecule has 0 aromatic heterocycles. The largest absolute Gasteiger partial charge is 0.377 e. The molecule has 2 unspecified atom stereocenters. The second-order valence-electron chi connectivity index (χ2n) is 5.98.